The van der Waals surface area contributed by atoms with Crippen molar-refractivity contribution in [1.82, 2.24) is 5.32 Å². The highest BCUT2D eigenvalue weighted by molar-refractivity contribution is 5.49. The van der Waals surface area contributed by atoms with Gasteiger partial charge < -0.3 is 5.11 Å². The topological polar surface area (TPSA) is 32.3 Å². The normalized spacial score (nSPS) is 28.4. The predicted molar refractivity (Wildman–Crippen MR) is 70.3 cm³/mol. The molecule has 2 nitrogen and oxygen atoms in total. The van der Waals surface area contributed by atoms with Gasteiger partial charge in [-0.1, -0.05) is 48.5 Å². The molecule has 1 aliphatic carbocycles. The largest absolute Gasteiger partial charge is 0.371 e. The first-order valence-corrected chi connectivity index (χ1v) is 6.42. The van der Waals surface area contributed by atoms with Crippen molar-refractivity contribution in [2.24, 2.45) is 0 Å². The lowest BCUT2D eigenvalue weighted by Gasteiger charge is -2.35. The van der Waals surface area contributed by atoms with Crippen LogP contribution in [0.15, 0.2) is 48.5 Å². The minimum atomic E-state index is -0.903. The highest BCUT2D eigenvalue weighted by atomic mass is 16.3. The molecule has 0 fully saturated rings. The predicted octanol–water partition coefficient (Wildman–Crippen LogP) is 2.12. The maximum Gasteiger partial charge on any atom is 0.146 e. The first kappa shape index (κ1) is 10.3. The monoisotopic (exact) mass is 237 g/mol. The Labute approximate surface area is 106 Å². The summed E-state index contributed by atoms with van der Waals surface area (Å²) < 4.78 is 0. The molecule has 0 amide bonds. The van der Waals surface area contributed by atoms with Crippen LogP contribution in [0.25, 0.3) is 0 Å². The quantitative estimate of drug-likeness (QED) is 0.735. The molecule has 0 saturated carbocycles. The molecule has 18 heavy (non-hydrogen) atoms. The lowest BCUT2D eigenvalue weighted by molar-refractivity contribution is -0.00352. The Morgan fingerprint density at radius 3 is 2.61 bits per heavy atom. The fraction of sp³-hybridized carbons (Fsp3) is 0.250. The molecule has 5 rings (SSSR count). The molecule has 0 radical (unpaired) electrons. The zero-order chi connectivity index (χ0) is 12.2. The third-order valence-electron chi connectivity index (χ3n) is 4.26. The van der Waals surface area contributed by atoms with Gasteiger partial charge in [0.15, 0.2) is 0 Å². The maximum absolute atomic E-state index is 10.9. The third kappa shape index (κ3) is 1.25. The van der Waals surface area contributed by atoms with Gasteiger partial charge in [0.05, 0.1) is 0 Å². The molecule has 2 aromatic rings. The van der Waals surface area contributed by atoms with Crippen molar-refractivity contribution in [3.05, 3.63) is 70.8 Å². The standard InChI is InChI=1S/C16H15NO/c18-16-9-11-5-1-2-6-12(11)14(10-17-16)13-7-3-4-8-15(13)16/h1-8,14,17-18H,9-10H2. The summed E-state index contributed by atoms with van der Waals surface area (Å²) in [6.07, 6.45) is 0.649. The van der Waals surface area contributed by atoms with Gasteiger partial charge in [0.1, 0.15) is 5.72 Å². The Balaban J connectivity index is 2.04. The zero-order valence-corrected chi connectivity index (χ0v) is 10.1. The summed E-state index contributed by atoms with van der Waals surface area (Å²) in [6, 6.07) is 16.7. The number of fused-ring (bicyclic) bond motifs is 1. The van der Waals surface area contributed by atoms with Crippen LogP contribution in [0.3, 0.4) is 0 Å². The Morgan fingerprint density at radius 2 is 1.72 bits per heavy atom. The number of aliphatic hydroxyl groups is 1. The van der Waals surface area contributed by atoms with Crippen LogP contribution in [0, 0.1) is 0 Å². The highest BCUT2D eigenvalue weighted by Crippen LogP contribution is 2.43. The average Bonchev–Trinajstić information content (AvgIpc) is 2.61. The van der Waals surface area contributed by atoms with E-state index in [0.29, 0.717) is 12.3 Å². The minimum Gasteiger partial charge on any atom is -0.371 e. The average molecular weight is 237 g/mol. The zero-order valence-electron chi connectivity index (χ0n) is 10.1. The fourth-order valence-electron chi connectivity index (χ4n) is 3.40. The van der Waals surface area contributed by atoms with Gasteiger partial charge in [-0.25, -0.2) is 0 Å². The molecule has 2 bridgehead atoms. The molecule has 0 spiro atoms. The summed E-state index contributed by atoms with van der Waals surface area (Å²) in [6.45, 7) is 0.810. The van der Waals surface area contributed by atoms with Crippen LogP contribution in [0.5, 0.6) is 0 Å². The molecule has 2 aromatic carbocycles. The molecule has 2 N–H and O–H groups in total. The van der Waals surface area contributed by atoms with Gasteiger partial charge in [-0.2, -0.15) is 0 Å². The molecule has 90 valence electrons. The molecule has 0 aromatic heterocycles. The van der Waals surface area contributed by atoms with E-state index in [1.165, 1.54) is 16.7 Å². The second kappa shape index (κ2) is 3.44. The van der Waals surface area contributed by atoms with E-state index in [1.807, 2.05) is 12.1 Å². The molecule has 2 aliphatic heterocycles. The summed E-state index contributed by atoms with van der Waals surface area (Å²) in [5.74, 6) is 0.361. The minimum absolute atomic E-state index is 0.361. The van der Waals surface area contributed by atoms with E-state index in [2.05, 4.69) is 41.7 Å². The number of rotatable bonds is 0. The summed E-state index contributed by atoms with van der Waals surface area (Å²) >= 11 is 0. The van der Waals surface area contributed by atoms with Crippen molar-refractivity contribution in [3.63, 3.8) is 0 Å². The van der Waals surface area contributed by atoms with Crippen molar-refractivity contribution in [2.45, 2.75) is 18.1 Å². The lowest BCUT2D eigenvalue weighted by atomic mass is 9.84. The lowest BCUT2D eigenvalue weighted by Crippen LogP contribution is -2.48. The van der Waals surface area contributed by atoms with Gasteiger partial charge in [0.25, 0.3) is 0 Å². The molecule has 2 heterocycles. The summed E-state index contributed by atoms with van der Waals surface area (Å²) in [7, 11) is 0. The van der Waals surface area contributed by atoms with Gasteiger partial charge in [-0.05, 0) is 16.7 Å². The molecule has 2 heteroatoms. The first-order valence-electron chi connectivity index (χ1n) is 6.42. The third-order valence-corrected chi connectivity index (χ3v) is 4.26. The SMILES string of the molecule is OC12Cc3ccccc3C(CN1)c1ccccc12. The van der Waals surface area contributed by atoms with E-state index < -0.39 is 5.72 Å². The van der Waals surface area contributed by atoms with Gasteiger partial charge in [-0.15, -0.1) is 0 Å². The van der Waals surface area contributed by atoms with Crippen LogP contribution >= 0.6 is 0 Å². The van der Waals surface area contributed by atoms with Crippen molar-refractivity contribution in [2.75, 3.05) is 6.54 Å². The molecule has 0 saturated heterocycles. The summed E-state index contributed by atoms with van der Waals surface area (Å²) in [5, 5.41) is 14.2. The van der Waals surface area contributed by atoms with Crippen molar-refractivity contribution >= 4 is 0 Å². The van der Waals surface area contributed by atoms with Gasteiger partial charge in [-0.3, -0.25) is 5.32 Å². The van der Waals surface area contributed by atoms with Crippen LogP contribution in [0.2, 0.25) is 0 Å². The highest BCUT2D eigenvalue weighted by Gasteiger charge is 2.42. The Kier molecular flexibility index (Phi) is 1.97. The Hall–Kier alpha value is -1.64. The second-order valence-corrected chi connectivity index (χ2v) is 5.26. The molecule has 3 aliphatic rings. The van der Waals surface area contributed by atoms with E-state index in [1.54, 1.807) is 0 Å². The van der Waals surface area contributed by atoms with Crippen LogP contribution in [-0.2, 0) is 12.1 Å². The number of nitrogens with one attached hydrogen (secondary N) is 1. The smallest absolute Gasteiger partial charge is 0.146 e. The molecular weight excluding hydrogens is 222 g/mol. The molecule has 2 atom stereocenters. The Bertz CT molecular complexity index is 622. The summed E-state index contributed by atoms with van der Waals surface area (Å²) in [4.78, 5) is 0. The van der Waals surface area contributed by atoms with E-state index in [4.69, 9.17) is 0 Å². The van der Waals surface area contributed by atoms with E-state index >= 15 is 0 Å². The van der Waals surface area contributed by atoms with Gasteiger partial charge in [0, 0.05) is 24.4 Å². The Morgan fingerprint density at radius 1 is 1.00 bits per heavy atom. The van der Waals surface area contributed by atoms with E-state index in [0.717, 1.165) is 12.1 Å². The van der Waals surface area contributed by atoms with Gasteiger partial charge in [0.2, 0.25) is 0 Å². The molecular formula is C16H15NO. The van der Waals surface area contributed by atoms with Crippen LogP contribution in [-0.4, -0.2) is 11.7 Å². The van der Waals surface area contributed by atoms with Crippen LogP contribution in [0.1, 0.15) is 28.2 Å². The van der Waals surface area contributed by atoms with E-state index in [9.17, 15) is 5.11 Å². The van der Waals surface area contributed by atoms with Crippen molar-refractivity contribution in [1.29, 1.82) is 0 Å². The summed E-state index contributed by atoms with van der Waals surface area (Å²) in [5.41, 5.74) is 4.01. The van der Waals surface area contributed by atoms with Gasteiger partial charge >= 0.3 is 0 Å². The molecule has 2 unspecified atom stereocenters. The van der Waals surface area contributed by atoms with Crippen molar-refractivity contribution < 1.29 is 5.11 Å². The fourth-order valence-corrected chi connectivity index (χ4v) is 3.40. The van der Waals surface area contributed by atoms with E-state index in [-0.39, 0.29) is 0 Å². The van der Waals surface area contributed by atoms with Crippen LogP contribution in [0.4, 0.5) is 0 Å². The maximum atomic E-state index is 10.9. The first-order chi connectivity index (χ1) is 8.78. The van der Waals surface area contributed by atoms with Crippen molar-refractivity contribution in [3.8, 4) is 0 Å². The van der Waals surface area contributed by atoms with Crippen LogP contribution < -0.4 is 5.32 Å². The number of hydrogen-bond donors (Lipinski definition) is 2. The number of hydrogen-bond acceptors (Lipinski definition) is 2. The number of benzene rings is 2. The second-order valence-electron chi connectivity index (χ2n) is 5.26.